The molecule has 148 valence electrons. The molecule has 27 heavy (non-hydrogen) atoms. The molecule has 0 saturated heterocycles. The summed E-state index contributed by atoms with van der Waals surface area (Å²) < 4.78 is 27.3. The zero-order valence-corrected chi connectivity index (χ0v) is 17.3. The van der Waals surface area contributed by atoms with Crippen LogP contribution in [0.4, 0.5) is 5.69 Å². The van der Waals surface area contributed by atoms with Crippen molar-refractivity contribution in [2.24, 2.45) is 0 Å². The van der Waals surface area contributed by atoms with Gasteiger partial charge in [0.05, 0.1) is 23.3 Å². The van der Waals surface area contributed by atoms with Gasteiger partial charge in [0.1, 0.15) is 0 Å². The van der Waals surface area contributed by atoms with Crippen molar-refractivity contribution < 1.29 is 13.2 Å². The van der Waals surface area contributed by atoms with Crippen LogP contribution in [0, 0.1) is 0 Å². The van der Waals surface area contributed by atoms with E-state index in [1.54, 1.807) is 24.7 Å². The fourth-order valence-corrected chi connectivity index (χ4v) is 3.93. The van der Waals surface area contributed by atoms with Gasteiger partial charge >= 0.3 is 0 Å². The molecule has 0 aliphatic carbocycles. The first-order chi connectivity index (χ1) is 12.8. The summed E-state index contributed by atoms with van der Waals surface area (Å²) in [6, 6.07) is 4.64. The second-order valence-electron chi connectivity index (χ2n) is 6.04. The highest BCUT2D eigenvalue weighted by Crippen LogP contribution is 2.30. The SMILES string of the molecule is CS(=O)(=O)N(CCCC(=O)NCCCn1ccnc1)c1cc(Cl)ccc1Cl. The minimum absolute atomic E-state index is 0.119. The largest absolute Gasteiger partial charge is 0.356 e. The van der Waals surface area contributed by atoms with Gasteiger partial charge in [0.2, 0.25) is 15.9 Å². The van der Waals surface area contributed by atoms with E-state index in [9.17, 15) is 13.2 Å². The number of anilines is 1. The molecule has 0 spiro atoms. The highest BCUT2D eigenvalue weighted by molar-refractivity contribution is 7.92. The molecule has 1 aromatic heterocycles. The predicted octanol–water partition coefficient (Wildman–Crippen LogP) is 2.94. The quantitative estimate of drug-likeness (QED) is 0.584. The van der Waals surface area contributed by atoms with Crippen LogP contribution in [0.15, 0.2) is 36.9 Å². The molecule has 0 bridgehead atoms. The highest BCUT2D eigenvalue weighted by atomic mass is 35.5. The maximum atomic E-state index is 12.1. The minimum atomic E-state index is -3.55. The first kappa shape index (κ1) is 21.5. The molecule has 0 saturated carbocycles. The smallest absolute Gasteiger partial charge is 0.232 e. The van der Waals surface area contributed by atoms with Gasteiger partial charge in [-0.05, 0) is 31.0 Å². The van der Waals surface area contributed by atoms with Crippen molar-refractivity contribution in [1.82, 2.24) is 14.9 Å². The third-order valence-electron chi connectivity index (χ3n) is 3.82. The second-order valence-corrected chi connectivity index (χ2v) is 8.79. The van der Waals surface area contributed by atoms with Gasteiger partial charge in [0.25, 0.3) is 0 Å². The molecule has 0 unspecified atom stereocenters. The summed E-state index contributed by atoms with van der Waals surface area (Å²) >= 11 is 12.1. The van der Waals surface area contributed by atoms with Gasteiger partial charge in [-0.2, -0.15) is 0 Å². The van der Waals surface area contributed by atoms with Crippen molar-refractivity contribution in [3.8, 4) is 0 Å². The van der Waals surface area contributed by atoms with Crippen LogP contribution in [-0.4, -0.2) is 43.2 Å². The van der Waals surface area contributed by atoms with Gasteiger partial charge in [-0.3, -0.25) is 9.10 Å². The molecule has 1 N–H and O–H groups in total. The van der Waals surface area contributed by atoms with Gasteiger partial charge in [-0.15, -0.1) is 0 Å². The van der Waals surface area contributed by atoms with Crippen LogP contribution in [0.25, 0.3) is 0 Å². The molecular formula is C17H22Cl2N4O3S. The molecule has 0 radical (unpaired) electrons. The number of amides is 1. The Morgan fingerprint density at radius 1 is 1.30 bits per heavy atom. The molecule has 1 heterocycles. The molecule has 2 aromatic rings. The van der Waals surface area contributed by atoms with Crippen molar-refractivity contribution >= 4 is 44.8 Å². The predicted molar refractivity (Wildman–Crippen MR) is 108 cm³/mol. The number of carbonyl (C=O) groups is 1. The molecule has 0 aliphatic heterocycles. The van der Waals surface area contributed by atoms with Gasteiger partial charge in [0.15, 0.2) is 0 Å². The van der Waals surface area contributed by atoms with E-state index in [1.807, 2.05) is 10.8 Å². The molecule has 7 nitrogen and oxygen atoms in total. The van der Waals surface area contributed by atoms with Crippen LogP contribution in [0.5, 0.6) is 0 Å². The third kappa shape index (κ3) is 7.04. The van der Waals surface area contributed by atoms with E-state index in [4.69, 9.17) is 23.2 Å². The fourth-order valence-electron chi connectivity index (χ4n) is 2.52. The van der Waals surface area contributed by atoms with Crippen molar-refractivity contribution in [1.29, 1.82) is 0 Å². The number of hydrogen-bond acceptors (Lipinski definition) is 4. The van der Waals surface area contributed by atoms with Crippen molar-refractivity contribution in [3.63, 3.8) is 0 Å². The normalized spacial score (nSPS) is 11.4. The maximum absolute atomic E-state index is 12.1. The second kappa shape index (κ2) is 9.96. The maximum Gasteiger partial charge on any atom is 0.232 e. The Labute approximate surface area is 169 Å². The lowest BCUT2D eigenvalue weighted by Gasteiger charge is -2.23. The molecule has 0 atom stereocenters. The summed E-state index contributed by atoms with van der Waals surface area (Å²) in [6.45, 7) is 1.46. The summed E-state index contributed by atoms with van der Waals surface area (Å²) in [6.07, 6.45) is 7.76. The number of rotatable bonds is 10. The number of sulfonamides is 1. The zero-order valence-electron chi connectivity index (χ0n) is 14.9. The van der Waals surface area contributed by atoms with Crippen molar-refractivity contribution in [2.75, 3.05) is 23.7 Å². The van der Waals surface area contributed by atoms with Crippen LogP contribution < -0.4 is 9.62 Å². The number of imidazole rings is 1. The zero-order chi connectivity index (χ0) is 19.9. The summed E-state index contributed by atoms with van der Waals surface area (Å²) in [5.74, 6) is -0.119. The average molecular weight is 433 g/mol. The number of nitrogens with one attached hydrogen (secondary N) is 1. The van der Waals surface area contributed by atoms with Gasteiger partial charge in [-0.25, -0.2) is 13.4 Å². The summed E-state index contributed by atoms with van der Waals surface area (Å²) in [7, 11) is -3.55. The standard InChI is InChI=1S/C17H22Cl2N4O3S/c1-27(25,26)23(16-12-14(18)5-6-15(16)19)10-2-4-17(24)21-7-3-9-22-11-8-20-13-22/h5-6,8,11-13H,2-4,7,9-10H2,1H3,(H,21,24). The third-order valence-corrected chi connectivity index (χ3v) is 5.55. The Bertz CT molecular complexity index is 857. The molecule has 2 rings (SSSR count). The van der Waals surface area contributed by atoms with E-state index in [-0.39, 0.29) is 23.9 Å². The lowest BCUT2D eigenvalue weighted by molar-refractivity contribution is -0.121. The van der Waals surface area contributed by atoms with Gasteiger partial charge in [-0.1, -0.05) is 23.2 Å². The van der Waals surface area contributed by atoms with Crippen LogP contribution in [-0.2, 0) is 21.4 Å². The molecule has 1 aromatic carbocycles. The lowest BCUT2D eigenvalue weighted by atomic mass is 10.2. The monoisotopic (exact) mass is 432 g/mol. The Balaban J connectivity index is 1.81. The van der Waals surface area contributed by atoms with E-state index in [0.29, 0.717) is 23.7 Å². The van der Waals surface area contributed by atoms with Crippen molar-refractivity contribution in [2.45, 2.75) is 25.8 Å². The summed E-state index contributed by atoms with van der Waals surface area (Å²) in [4.78, 5) is 15.9. The number of carbonyl (C=O) groups excluding carboxylic acids is 1. The van der Waals surface area contributed by atoms with Crippen LogP contribution >= 0.6 is 23.2 Å². The first-order valence-corrected chi connectivity index (χ1v) is 11.0. The number of nitrogens with zero attached hydrogens (tertiary/aromatic N) is 3. The molecule has 1 amide bonds. The van der Waals surface area contributed by atoms with Gasteiger partial charge in [0, 0.05) is 43.5 Å². The molecule has 0 aliphatic rings. The van der Waals surface area contributed by atoms with Crippen LogP contribution in [0.3, 0.4) is 0 Å². The van der Waals surface area contributed by atoms with E-state index in [0.717, 1.165) is 19.2 Å². The highest BCUT2D eigenvalue weighted by Gasteiger charge is 2.20. The topological polar surface area (TPSA) is 84.3 Å². The molecule has 0 fully saturated rings. The Morgan fingerprint density at radius 2 is 2.07 bits per heavy atom. The number of aromatic nitrogens is 2. The number of aryl methyl sites for hydroxylation is 1. The summed E-state index contributed by atoms with van der Waals surface area (Å²) in [5.41, 5.74) is 0.312. The number of hydrogen-bond donors (Lipinski definition) is 1. The Kier molecular flexibility index (Phi) is 7.94. The van der Waals surface area contributed by atoms with E-state index in [2.05, 4.69) is 10.3 Å². The van der Waals surface area contributed by atoms with E-state index >= 15 is 0 Å². The Morgan fingerprint density at radius 3 is 2.74 bits per heavy atom. The Hall–Kier alpha value is -1.77. The van der Waals surface area contributed by atoms with Crippen LogP contribution in [0.2, 0.25) is 10.0 Å². The van der Waals surface area contributed by atoms with Crippen molar-refractivity contribution in [3.05, 3.63) is 47.0 Å². The minimum Gasteiger partial charge on any atom is -0.356 e. The molecule has 10 heteroatoms. The lowest BCUT2D eigenvalue weighted by Crippen LogP contribution is -2.32. The van der Waals surface area contributed by atoms with E-state index in [1.165, 1.54) is 10.4 Å². The average Bonchev–Trinajstić information content (AvgIpc) is 3.10. The van der Waals surface area contributed by atoms with Gasteiger partial charge < -0.3 is 9.88 Å². The van der Waals surface area contributed by atoms with Crippen LogP contribution in [0.1, 0.15) is 19.3 Å². The molecular weight excluding hydrogens is 411 g/mol. The van der Waals surface area contributed by atoms with E-state index < -0.39 is 10.0 Å². The summed E-state index contributed by atoms with van der Waals surface area (Å²) in [5, 5.41) is 3.50. The fraction of sp³-hybridized carbons (Fsp3) is 0.412. The first-order valence-electron chi connectivity index (χ1n) is 8.42. The number of benzene rings is 1. The number of halogens is 2.